The van der Waals surface area contributed by atoms with Gasteiger partial charge in [0, 0.05) is 13.0 Å². The van der Waals surface area contributed by atoms with Gasteiger partial charge in [-0.1, -0.05) is 0 Å². The van der Waals surface area contributed by atoms with Crippen molar-refractivity contribution in [2.24, 2.45) is 0 Å². The third-order valence-electron chi connectivity index (χ3n) is 1.57. The van der Waals surface area contributed by atoms with E-state index in [1.165, 1.54) is 0 Å². The third kappa shape index (κ3) is 1.24. The molecule has 0 radical (unpaired) electrons. The van der Waals surface area contributed by atoms with Crippen LogP contribution < -0.4 is 0 Å². The van der Waals surface area contributed by atoms with Crippen LogP contribution in [0.15, 0.2) is 0 Å². The van der Waals surface area contributed by atoms with Crippen LogP contribution in [0.5, 0.6) is 0 Å². The van der Waals surface area contributed by atoms with E-state index in [2.05, 4.69) is 0 Å². The summed E-state index contributed by atoms with van der Waals surface area (Å²) in [7, 11) is 0. The zero-order valence-electron chi connectivity index (χ0n) is 5.92. The second kappa shape index (κ2) is 2.92. The van der Waals surface area contributed by atoms with E-state index >= 15 is 0 Å². The van der Waals surface area contributed by atoms with E-state index in [-0.39, 0.29) is 11.6 Å². The van der Waals surface area contributed by atoms with E-state index in [1.807, 2.05) is 6.92 Å². The normalized spacial score (nSPS) is 25.9. The Balaban J connectivity index is 2.49. The second-order valence-electron chi connectivity index (χ2n) is 2.27. The van der Waals surface area contributed by atoms with Gasteiger partial charge in [0.05, 0.1) is 0 Å². The first-order valence-corrected chi connectivity index (χ1v) is 3.44. The number of hydrogen-bond donors (Lipinski definition) is 0. The highest BCUT2D eigenvalue weighted by atomic mass is 16.5. The fourth-order valence-electron chi connectivity index (χ4n) is 1.06. The molecule has 0 aliphatic heterocycles. The highest BCUT2D eigenvalue weighted by molar-refractivity contribution is 6.40. The minimum atomic E-state index is -0.433. The van der Waals surface area contributed by atoms with E-state index in [0.29, 0.717) is 19.4 Å². The van der Waals surface area contributed by atoms with Crippen molar-refractivity contribution in [3.63, 3.8) is 0 Å². The minimum absolute atomic E-state index is 0.279. The van der Waals surface area contributed by atoms with Crippen LogP contribution in [-0.4, -0.2) is 24.3 Å². The summed E-state index contributed by atoms with van der Waals surface area (Å²) in [6.07, 6.45) is 0.507. The smallest absolute Gasteiger partial charge is 0.227 e. The maximum Gasteiger partial charge on any atom is 0.227 e. The van der Waals surface area contributed by atoms with Crippen molar-refractivity contribution >= 4 is 11.6 Å². The van der Waals surface area contributed by atoms with Gasteiger partial charge in [-0.15, -0.1) is 0 Å². The van der Waals surface area contributed by atoms with Gasteiger partial charge in [-0.3, -0.25) is 9.59 Å². The average molecular weight is 142 g/mol. The Morgan fingerprint density at radius 3 is 2.70 bits per heavy atom. The summed E-state index contributed by atoms with van der Waals surface area (Å²) in [6, 6.07) is 0. The first-order valence-electron chi connectivity index (χ1n) is 3.44. The van der Waals surface area contributed by atoms with Crippen molar-refractivity contribution < 1.29 is 14.3 Å². The fourth-order valence-corrected chi connectivity index (χ4v) is 1.06. The molecule has 1 rings (SSSR count). The van der Waals surface area contributed by atoms with E-state index in [4.69, 9.17) is 4.74 Å². The van der Waals surface area contributed by atoms with Gasteiger partial charge in [0.25, 0.3) is 0 Å². The predicted molar refractivity (Wildman–Crippen MR) is 34.7 cm³/mol. The van der Waals surface area contributed by atoms with Crippen LogP contribution in [0.1, 0.15) is 19.8 Å². The fraction of sp³-hybridized carbons (Fsp3) is 0.714. The van der Waals surface area contributed by atoms with Crippen LogP contribution in [0.2, 0.25) is 0 Å². The average Bonchev–Trinajstić information content (AvgIpc) is 2.20. The molecule has 0 N–H and O–H groups in total. The third-order valence-corrected chi connectivity index (χ3v) is 1.57. The van der Waals surface area contributed by atoms with Crippen LogP contribution in [0.3, 0.4) is 0 Å². The monoisotopic (exact) mass is 142 g/mol. The maximum atomic E-state index is 10.8. The molecule has 10 heavy (non-hydrogen) atoms. The molecular weight excluding hydrogens is 132 g/mol. The molecule has 0 aromatic carbocycles. The summed E-state index contributed by atoms with van der Waals surface area (Å²) in [5, 5.41) is 0. The molecule has 1 saturated carbocycles. The summed E-state index contributed by atoms with van der Waals surface area (Å²) in [5.41, 5.74) is 0. The molecule has 1 atom stereocenters. The molecule has 0 spiro atoms. The zero-order valence-corrected chi connectivity index (χ0v) is 5.92. The van der Waals surface area contributed by atoms with E-state index in [9.17, 15) is 9.59 Å². The highest BCUT2D eigenvalue weighted by Gasteiger charge is 2.32. The maximum absolute atomic E-state index is 10.8. The minimum Gasteiger partial charge on any atom is -0.370 e. The van der Waals surface area contributed by atoms with E-state index < -0.39 is 6.10 Å². The Bertz CT molecular complexity index is 162. The molecule has 0 aromatic heterocycles. The highest BCUT2D eigenvalue weighted by Crippen LogP contribution is 2.13. The quantitative estimate of drug-likeness (QED) is 0.521. The Kier molecular flexibility index (Phi) is 2.17. The van der Waals surface area contributed by atoms with Crippen molar-refractivity contribution in [2.45, 2.75) is 25.9 Å². The summed E-state index contributed by atoms with van der Waals surface area (Å²) >= 11 is 0. The van der Waals surface area contributed by atoms with Gasteiger partial charge in [0.2, 0.25) is 11.6 Å². The number of ketones is 2. The molecule has 56 valence electrons. The van der Waals surface area contributed by atoms with Crippen molar-refractivity contribution in [3.8, 4) is 0 Å². The van der Waals surface area contributed by atoms with E-state index in [0.717, 1.165) is 0 Å². The lowest BCUT2D eigenvalue weighted by atomic mass is 10.3. The molecule has 0 saturated heterocycles. The largest absolute Gasteiger partial charge is 0.370 e. The summed E-state index contributed by atoms with van der Waals surface area (Å²) in [5.74, 6) is -0.625. The van der Waals surface area contributed by atoms with Crippen LogP contribution >= 0.6 is 0 Å². The molecule has 0 heterocycles. The van der Waals surface area contributed by atoms with Gasteiger partial charge in [-0.25, -0.2) is 0 Å². The lowest BCUT2D eigenvalue weighted by Gasteiger charge is -2.04. The zero-order chi connectivity index (χ0) is 7.56. The molecule has 3 heteroatoms. The molecule has 1 fully saturated rings. The van der Waals surface area contributed by atoms with Gasteiger partial charge < -0.3 is 4.74 Å². The van der Waals surface area contributed by atoms with Crippen molar-refractivity contribution in [3.05, 3.63) is 0 Å². The Labute approximate surface area is 59.4 Å². The lowest BCUT2D eigenvalue weighted by Crippen LogP contribution is -2.21. The molecular formula is C7H10O3. The molecule has 0 bridgehead atoms. The summed E-state index contributed by atoms with van der Waals surface area (Å²) in [4.78, 5) is 21.5. The first kappa shape index (κ1) is 7.41. The predicted octanol–water partition coefficient (Wildman–Crippen LogP) is 0.323. The van der Waals surface area contributed by atoms with Gasteiger partial charge in [-0.2, -0.15) is 0 Å². The van der Waals surface area contributed by atoms with Gasteiger partial charge in [0.15, 0.2) is 0 Å². The molecule has 1 aliphatic rings. The second-order valence-corrected chi connectivity index (χ2v) is 2.27. The number of Topliss-reactive ketones (excluding diaryl/α,β-unsaturated/α-hetero) is 2. The van der Waals surface area contributed by atoms with Crippen molar-refractivity contribution in [1.29, 1.82) is 0 Å². The first-order chi connectivity index (χ1) is 4.75. The van der Waals surface area contributed by atoms with Crippen LogP contribution in [0.4, 0.5) is 0 Å². The molecule has 1 aliphatic carbocycles. The van der Waals surface area contributed by atoms with Crippen molar-refractivity contribution in [1.82, 2.24) is 0 Å². The summed E-state index contributed by atoms with van der Waals surface area (Å²) < 4.78 is 5.02. The summed E-state index contributed by atoms with van der Waals surface area (Å²) in [6.45, 7) is 2.32. The van der Waals surface area contributed by atoms with Gasteiger partial charge >= 0.3 is 0 Å². The number of carbonyl (C=O) groups excluding carboxylic acids is 2. The Morgan fingerprint density at radius 1 is 1.60 bits per heavy atom. The number of rotatable bonds is 2. The van der Waals surface area contributed by atoms with Crippen LogP contribution in [0, 0.1) is 0 Å². The van der Waals surface area contributed by atoms with Crippen LogP contribution in [0.25, 0.3) is 0 Å². The molecule has 0 aromatic rings. The standard InChI is InChI=1S/C7H10O3/c1-2-10-6-4-3-5(8)7(6)9/h6H,2-4H2,1H3. The molecule has 1 unspecified atom stereocenters. The van der Waals surface area contributed by atoms with Crippen molar-refractivity contribution in [2.75, 3.05) is 6.61 Å². The number of hydrogen-bond acceptors (Lipinski definition) is 3. The Hall–Kier alpha value is -0.700. The SMILES string of the molecule is CCOC1CCC(=O)C1=O. The topological polar surface area (TPSA) is 43.4 Å². The van der Waals surface area contributed by atoms with Gasteiger partial charge in [0.1, 0.15) is 6.10 Å². The molecule has 0 amide bonds. The van der Waals surface area contributed by atoms with E-state index in [1.54, 1.807) is 0 Å². The van der Waals surface area contributed by atoms with Crippen LogP contribution in [-0.2, 0) is 14.3 Å². The van der Waals surface area contributed by atoms with Gasteiger partial charge in [-0.05, 0) is 13.3 Å². The molecule has 3 nitrogen and oxygen atoms in total. The Morgan fingerprint density at radius 2 is 2.30 bits per heavy atom. The lowest BCUT2D eigenvalue weighted by molar-refractivity contribution is -0.139. The number of ether oxygens (including phenoxy) is 1. The number of carbonyl (C=O) groups is 2.